The van der Waals surface area contributed by atoms with Crippen LogP contribution in [0.15, 0.2) is 12.1 Å². The van der Waals surface area contributed by atoms with E-state index in [1.165, 1.54) is 0 Å². The van der Waals surface area contributed by atoms with Crippen LogP contribution in [0.3, 0.4) is 0 Å². The van der Waals surface area contributed by atoms with E-state index in [9.17, 15) is 0 Å². The number of methoxy groups -OCH3 is 1. The monoisotopic (exact) mass is 299 g/mol. The summed E-state index contributed by atoms with van der Waals surface area (Å²) in [5.74, 6) is 1.33. The molecule has 0 radical (unpaired) electrons. The third-order valence-electron chi connectivity index (χ3n) is 3.39. The maximum atomic E-state index is 6.30. The van der Waals surface area contributed by atoms with Crippen molar-refractivity contribution in [3.63, 3.8) is 0 Å². The first-order valence-corrected chi connectivity index (χ1v) is 7.55. The summed E-state index contributed by atoms with van der Waals surface area (Å²) in [7, 11) is 1.64. The molecule has 0 aliphatic heterocycles. The van der Waals surface area contributed by atoms with Crippen molar-refractivity contribution in [2.24, 2.45) is 0 Å². The van der Waals surface area contributed by atoms with E-state index in [1.807, 2.05) is 12.1 Å². The molecule has 0 aliphatic carbocycles. The molecule has 0 spiro atoms. The van der Waals surface area contributed by atoms with Gasteiger partial charge in [-0.05, 0) is 44.4 Å². The molecule has 0 aliphatic rings. The lowest BCUT2D eigenvalue weighted by Crippen LogP contribution is -2.37. The van der Waals surface area contributed by atoms with E-state index in [2.05, 4.69) is 33.0 Å². The van der Waals surface area contributed by atoms with Gasteiger partial charge in [-0.25, -0.2) is 0 Å². The molecule has 20 heavy (non-hydrogen) atoms. The molecule has 1 aromatic rings. The van der Waals surface area contributed by atoms with Gasteiger partial charge in [0.25, 0.3) is 0 Å². The van der Waals surface area contributed by atoms with Crippen LogP contribution < -0.4 is 14.8 Å². The van der Waals surface area contributed by atoms with Crippen LogP contribution in [0.1, 0.15) is 46.1 Å². The molecule has 0 amide bonds. The van der Waals surface area contributed by atoms with Crippen molar-refractivity contribution in [1.29, 1.82) is 0 Å². The van der Waals surface area contributed by atoms with Crippen LogP contribution in [-0.2, 0) is 6.54 Å². The number of rotatable bonds is 8. The summed E-state index contributed by atoms with van der Waals surface area (Å²) in [6.45, 7) is 9.99. The summed E-state index contributed by atoms with van der Waals surface area (Å²) in [6.07, 6.45) is 2.00. The number of hydrogen-bond donors (Lipinski definition) is 1. The molecule has 0 unspecified atom stereocenters. The first kappa shape index (κ1) is 17.1. The normalized spacial score (nSPS) is 11.5. The zero-order chi connectivity index (χ0) is 15.2. The molecule has 0 heterocycles. The number of nitrogens with one attached hydrogen (secondary N) is 1. The van der Waals surface area contributed by atoms with Crippen molar-refractivity contribution < 1.29 is 9.47 Å². The third-order valence-corrected chi connectivity index (χ3v) is 3.68. The molecule has 1 N–H and O–H groups in total. The van der Waals surface area contributed by atoms with Gasteiger partial charge in [0, 0.05) is 12.1 Å². The predicted octanol–water partition coefficient (Wildman–Crippen LogP) is 4.42. The number of benzene rings is 1. The highest BCUT2D eigenvalue weighted by atomic mass is 35.5. The number of ether oxygens (including phenoxy) is 2. The maximum Gasteiger partial charge on any atom is 0.179 e. The minimum atomic E-state index is 0.108. The summed E-state index contributed by atoms with van der Waals surface area (Å²) in [5, 5.41) is 4.11. The Kier molecular flexibility index (Phi) is 6.63. The van der Waals surface area contributed by atoms with E-state index in [0.29, 0.717) is 23.1 Å². The minimum absolute atomic E-state index is 0.108. The molecule has 0 fully saturated rings. The fraction of sp³-hybridized carbons (Fsp3) is 0.625. The highest BCUT2D eigenvalue weighted by molar-refractivity contribution is 6.32. The molecule has 0 saturated heterocycles. The van der Waals surface area contributed by atoms with Crippen LogP contribution >= 0.6 is 11.6 Å². The van der Waals surface area contributed by atoms with Crippen molar-refractivity contribution in [2.75, 3.05) is 13.7 Å². The molecule has 1 rings (SSSR count). The fourth-order valence-electron chi connectivity index (χ4n) is 1.69. The van der Waals surface area contributed by atoms with Gasteiger partial charge < -0.3 is 14.8 Å². The van der Waals surface area contributed by atoms with Gasteiger partial charge in [-0.3, -0.25) is 0 Å². The summed E-state index contributed by atoms with van der Waals surface area (Å²) < 4.78 is 11.0. The second kappa shape index (κ2) is 7.75. The lowest BCUT2D eigenvalue weighted by Gasteiger charge is -2.25. The molecule has 0 saturated carbocycles. The van der Waals surface area contributed by atoms with Gasteiger partial charge in [0.2, 0.25) is 0 Å². The van der Waals surface area contributed by atoms with Crippen LogP contribution in [0.2, 0.25) is 5.02 Å². The van der Waals surface area contributed by atoms with Crippen LogP contribution in [0.25, 0.3) is 0 Å². The van der Waals surface area contributed by atoms with Crippen molar-refractivity contribution in [1.82, 2.24) is 5.32 Å². The van der Waals surface area contributed by atoms with E-state index in [1.54, 1.807) is 7.11 Å². The van der Waals surface area contributed by atoms with Gasteiger partial charge in [0.15, 0.2) is 11.5 Å². The Labute approximate surface area is 127 Å². The lowest BCUT2D eigenvalue weighted by atomic mass is 10.0. The Morgan fingerprint density at radius 2 is 1.95 bits per heavy atom. The highest BCUT2D eigenvalue weighted by Crippen LogP contribution is 2.36. The average Bonchev–Trinajstić information content (AvgIpc) is 2.43. The number of hydrogen-bond acceptors (Lipinski definition) is 3. The van der Waals surface area contributed by atoms with Gasteiger partial charge in [0.1, 0.15) is 0 Å². The Bertz CT molecular complexity index is 433. The highest BCUT2D eigenvalue weighted by Gasteiger charge is 2.16. The van der Waals surface area contributed by atoms with Crippen LogP contribution in [0, 0.1) is 0 Å². The van der Waals surface area contributed by atoms with E-state index in [-0.39, 0.29) is 5.54 Å². The van der Waals surface area contributed by atoms with Gasteiger partial charge in [-0.15, -0.1) is 0 Å². The second-order valence-electron chi connectivity index (χ2n) is 5.55. The molecule has 114 valence electrons. The van der Waals surface area contributed by atoms with Gasteiger partial charge in [0.05, 0.1) is 18.7 Å². The summed E-state index contributed by atoms with van der Waals surface area (Å²) >= 11 is 6.30. The van der Waals surface area contributed by atoms with E-state index < -0.39 is 0 Å². The van der Waals surface area contributed by atoms with Crippen LogP contribution in [0.4, 0.5) is 0 Å². The Hall–Kier alpha value is -0.930. The maximum absolute atomic E-state index is 6.30. The van der Waals surface area contributed by atoms with Gasteiger partial charge in [-0.2, -0.15) is 0 Å². The average molecular weight is 300 g/mol. The minimum Gasteiger partial charge on any atom is -0.493 e. The molecule has 0 atom stereocenters. The van der Waals surface area contributed by atoms with Crippen molar-refractivity contribution in [3.05, 3.63) is 22.7 Å². The van der Waals surface area contributed by atoms with Crippen LogP contribution in [-0.4, -0.2) is 19.3 Å². The van der Waals surface area contributed by atoms with E-state index in [0.717, 1.165) is 24.9 Å². The van der Waals surface area contributed by atoms with Gasteiger partial charge in [-0.1, -0.05) is 25.4 Å². The zero-order valence-corrected chi connectivity index (χ0v) is 13.9. The summed E-state index contributed by atoms with van der Waals surface area (Å²) in [5.41, 5.74) is 1.20. The molecule has 1 aromatic carbocycles. The van der Waals surface area contributed by atoms with Crippen molar-refractivity contribution >= 4 is 11.6 Å². The Balaban J connectivity index is 2.87. The fourth-order valence-corrected chi connectivity index (χ4v) is 1.97. The molecule has 0 bridgehead atoms. The number of halogens is 1. The molecule has 3 nitrogen and oxygen atoms in total. The summed E-state index contributed by atoms with van der Waals surface area (Å²) in [4.78, 5) is 0. The van der Waals surface area contributed by atoms with E-state index in [4.69, 9.17) is 21.1 Å². The second-order valence-corrected chi connectivity index (χ2v) is 5.96. The molecular formula is C16H26ClNO2. The van der Waals surface area contributed by atoms with E-state index >= 15 is 0 Å². The summed E-state index contributed by atoms with van der Waals surface area (Å²) in [6, 6.07) is 3.92. The molecular weight excluding hydrogens is 274 g/mol. The third kappa shape index (κ3) is 4.88. The molecule has 0 aromatic heterocycles. The largest absolute Gasteiger partial charge is 0.493 e. The standard InChI is InChI=1S/C16H26ClNO2/c1-6-8-20-15-13(17)9-12(10-14(15)19-5)11-18-16(3,4)7-2/h9-10,18H,6-8,11H2,1-5H3. The van der Waals surface area contributed by atoms with Crippen LogP contribution in [0.5, 0.6) is 11.5 Å². The quantitative estimate of drug-likeness (QED) is 0.771. The first-order valence-electron chi connectivity index (χ1n) is 7.17. The lowest BCUT2D eigenvalue weighted by molar-refractivity contribution is 0.294. The predicted molar refractivity (Wildman–Crippen MR) is 85.0 cm³/mol. The topological polar surface area (TPSA) is 30.5 Å². The SMILES string of the molecule is CCCOc1c(Cl)cc(CNC(C)(C)CC)cc1OC. The Morgan fingerprint density at radius 1 is 1.25 bits per heavy atom. The van der Waals surface area contributed by atoms with Gasteiger partial charge >= 0.3 is 0 Å². The Morgan fingerprint density at radius 3 is 2.50 bits per heavy atom. The van der Waals surface area contributed by atoms with Crippen molar-refractivity contribution in [2.45, 2.75) is 52.6 Å². The first-order chi connectivity index (χ1) is 9.43. The smallest absolute Gasteiger partial charge is 0.179 e. The molecule has 4 heteroatoms. The van der Waals surface area contributed by atoms with Crippen molar-refractivity contribution in [3.8, 4) is 11.5 Å². The zero-order valence-electron chi connectivity index (χ0n) is 13.2.